The van der Waals surface area contributed by atoms with Gasteiger partial charge in [0.1, 0.15) is 12.7 Å². The lowest BCUT2D eigenvalue weighted by Crippen LogP contribution is -2.54. The van der Waals surface area contributed by atoms with Gasteiger partial charge in [-0.3, -0.25) is 9.69 Å². The quantitative estimate of drug-likeness (QED) is 0.630. The van der Waals surface area contributed by atoms with Crippen molar-refractivity contribution in [1.29, 1.82) is 0 Å². The van der Waals surface area contributed by atoms with Crippen LogP contribution in [0.25, 0.3) is 0 Å². The minimum atomic E-state index is -0.479. The van der Waals surface area contributed by atoms with Crippen molar-refractivity contribution >= 4 is 5.97 Å². The lowest BCUT2D eigenvalue weighted by atomic mass is 9.64. The Morgan fingerprint density at radius 2 is 2.08 bits per heavy atom. The minimum Gasteiger partial charge on any atom is -0.460 e. The molecule has 5 nitrogen and oxygen atoms in total. The van der Waals surface area contributed by atoms with E-state index >= 15 is 0 Å². The van der Waals surface area contributed by atoms with Crippen LogP contribution in [-0.4, -0.2) is 36.6 Å². The van der Waals surface area contributed by atoms with E-state index < -0.39 is 5.41 Å². The molecule has 1 atom stereocenters. The average molecular weight is 329 g/mol. The molecule has 0 amide bonds. The van der Waals surface area contributed by atoms with Gasteiger partial charge in [-0.1, -0.05) is 18.6 Å². The molecule has 5 aliphatic rings. The molecule has 4 heterocycles. The zero-order chi connectivity index (χ0) is 16.1. The molecule has 0 N–H and O–H groups in total. The van der Waals surface area contributed by atoms with E-state index in [0.29, 0.717) is 12.5 Å². The summed E-state index contributed by atoms with van der Waals surface area (Å²) in [6, 6.07) is 6.03. The molecule has 0 radical (unpaired) electrons. The Hall–Kier alpha value is -1.59. The van der Waals surface area contributed by atoms with Crippen LogP contribution in [0.2, 0.25) is 0 Å². The first-order valence-corrected chi connectivity index (χ1v) is 9.11. The molecule has 1 unspecified atom stereocenters. The maximum absolute atomic E-state index is 13.1. The molecule has 0 spiro atoms. The fraction of sp³-hybridized carbons (Fsp3) is 0.632. The van der Waals surface area contributed by atoms with Crippen LogP contribution in [0.4, 0.5) is 0 Å². The van der Waals surface area contributed by atoms with Crippen molar-refractivity contribution in [2.24, 2.45) is 5.92 Å². The highest BCUT2D eigenvalue weighted by Crippen LogP contribution is 2.47. The Morgan fingerprint density at radius 3 is 2.75 bits per heavy atom. The second-order valence-corrected chi connectivity index (χ2v) is 7.69. The van der Waals surface area contributed by atoms with E-state index in [2.05, 4.69) is 4.90 Å². The number of piperidine rings is 3. The molecule has 4 fully saturated rings. The summed E-state index contributed by atoms with van der Waals surface area (Å²) < 4.78 is 6.05. The van der Waals surface area contributed by atoms with Gasteiger partial charge in [-0.2, -0.15) is 4.89 Å². The highest BCUT2D eigenvalue weighted by Gasteiger charge is 2.49. The average Bonchev–Trinajstić information content (AvgIpc) is 3.03. The van der Waals surface area contributed by atoms with Crippen molar-refractivity contribution in [2.75, 3.05) is 19.6 Å². The molecule has 1 aliphatic carbocycles. The van der Waals surface area contributed by atoms with E-state index in [1.807, 2.05) is 18.2 Å². The van der Waals surface area contributed by atoms with Gasteiger partial charge in [-0.05, 0) is 56.3 Å². The Bertz CT molecular complexity index is 661. The third-order valence-electron chi connectivity index (χ3n) is 6.44. The number of fused-ring (bicyclic) bond motifs is 4. The van der Waals surface area contributed by atoms with Gasteiger partial charge >= 0.3 is 5.97 Å². The Balaban J connectivity index is 1.38. The second-order valence-electron chi connectivity index (χ2n) is 7.69. The molecule has 1 saturated carbocycles. The van der Waals surface area contributed by atoms with Crippen LogP contribution in [0.1, 0.15) is 43.2 Å². The second kappa shape index (κ2) is 5.46. The number of nitrogens with zero attached hydrogens (tertiary/aromatic N) is 1. The van der Waals surface area contributed by atoms with Crippen LogP contribution in [0, 0.1) is 5.92 Å². The summed E-state index contributed by atoms with van der Waals surface area (Å²) in [5.41, 5.74) is 1.58. The number of benzene rings is 1. The first kappa shape index (κ1) is 14.7. The minimum absolute atomic E-state index is 0.0358. The number of hydrogen-bond acceptors (Lipinski definition) is 5. The smallest absolute Gasteiger partial charge is 0.316 e. The molecule has 1 aromatic carbocycles. The molecule has 2 bridgehead atoms. The third kappa shape index (κ3) is 2.18. The highest BCUT2D eigenvalue weighted by atomic mass is 17.2. The monoisotopic (exact) mass is 329 g/mol. The first-order valence-electron chi connectivity index (χ1n) is 9.11. The predicted molar refractivity (Wildman–Crippen MR) is 86.4 cm³/mol. The number of esters is 1. The van der Waals surface area contributed by atoms with Crippen LogP contribution in [0.5, 0.6) is 5.75 Å². The van der Waals surface area contributed by atoms with Crippen molar-refractivity contribution < 1.29 is 19.3 Å². The number of carbonyl (C=O) groups is 1. The summed E-state index contributed by atoms with van der Waals surface area (Å²) in [5.74, 6) is 1.26. The van der Waals surface area contributed by atoms with Gasteiger partial charge in [-0.15, -0.1) is 0 Å². The van der Waals surface area contributed by atoms with Crippen LogP contribution in [0.3, 0.4) is 0 Å². The molecule has 6 rings (SSSR count). The molecule has 5 heteroatoms. The molecule has 24 heavy (non-hydrogen) atoms. The lowest BCUT2D eigenvalue weighted by Gasteiger charge is -2.46. The predicted octanol–water partition coefficient (Wildman–Crippen LogP) is 2.57. The number of hydrogen-bond donors (Lipinski definition) is 0. The van der Waals surface area contributed by atoms with Gasteiger partial charge in [0.2, 0.25) is 0 Å². The Morgan fingerprint density at radius 1 is 1.25 bits per heavy atom. The molecule has 3 saturated heterocycles. The van der Waals surface area contributed by atoms with Crippen molar-refractivity contribution in [3.05, 3.63) is 29.3 Å². The summed E-state index contributed by atoms with van der Waals surface area (Å²) in [6.07, 6.45) is 5.21. The standard InChI is InChI=1S/C19H23NO4/c21-18(23-17-11-20-8-4-13(17)5-9-20)19(6-1-7-19)15-3-2-14-12-22-24-16(14)10-15/h2-3,10,13,17H,1,4-9,11-12H2. The zero-order valence-corrected chi connectivity index (χ0v) is 13.8. The van der Waals surface area contributed by atoms with Crippen molar-refractivity contribution in [1.82, 2.24) is 4.90 Å². The maximum atomic E-state index is 13.1. The molecule has 4 aliphatic heterocycles. The number of ether oxygens (including phenoxy) is 1. The summed E-state index contributed by atoms with van der Waals surface area (Å²) in [6.45, 7) is 3.71. The molecule has 128 valence electrons. The highest BCUT2D eigenvalue weighted by molar-refractivity contribution is 5.85. The fourth-order valence-corrected chi connectivity index (χ4v) is 4.64. The van der Waals surface area contributed by atoms with Gasteiger partial charge in [-0.25, -0.2) is 0 Å². The van der Waals surface area contributed by atoms with Crippen LogP contribution < -0.4 is 4.89 Å². The van der Waals surface area contributed by atoms with Crippen LogP contribution in [0.15, 0.2) is 18.2 Å². The van der Waals surface area contributed by atoms with Gasteiger partial charge in [0.05, 0.1) is 5.41 Å². The lowest BCUT2D eigenvalue weighted by molar-refractivity contribution is -0.194. The normalized spacial score (nSPS) is 32.6. The van der Waals surface area contributed by atoms with E-state index in [9.17, 15) is 4.79 Å². The maximum Gasteiger partial charge on any atom is 0.316 e. The Kier molecular flexibility index (Phi) is 3.35. The number of rotatable bonds is 3. The summed E-state index contributed by atoms with van der Waals surface area (Å²) in [4.78, 5) is 25.7. The van der Waals surface area contributed by atoms with Gasteiger partial charge in [0.25, 0.3) is 0 Å². The van der Waals surface area contributed by atoms with Crippen molar-refractivity contribution in [3.63, 3.8) is 0 Å². The molecular weight excluding hydrogens is 306 g/mol. The zero-order valence-electron chi connectivity index (χ0n) is 13.8. The summed E-state index contributed by atoms with van der Waals surface area (Å²) in [5, 5.41) is 0. The molecule has 1 aromatic rings. The summed E-state index contributed by atoms with van der Waals surface area (Å²) >= 11 is 0. The van der Waals surface area contributed by atoms with E-state index in [1.54, 1.807) is 0 Å². The molecular formula is C19H23NO4. The van der Waals surface area contributed by atoms with Gasteiger partial charge < -0.3 is 9.62 Å². The Labute approximate surface area is 141 Å². The fourth-order valence-electron chi connectivity index (χ4n) is 4.64. The third-order valence-corrected chi connectivity index (χ3v) is 6.44. The van der Waals surface area contributed by atoms with Crippen LogP contribution in [-0.2, 0) is 26.4 Å². The van der Waals surface area contributed by atoms with Crippen molar-refractivity contribution in [3.8, 4) is 5.75 Å². The van der Waals surface area contributed by atoms with Crippen molar-refractivity contribution in [2.45, 2.75) is 50.2 Å². The van der Waals surface area contributed by atoms with Gasteiger partial charge in [0.15, 0.2) is 5.75 Å². The molecule has 0 aromatic heterocycles. The van der Waals surface area contributed by atoms with Gasteiger partial charge in [0, 0.05) is 12.1 Å². The largest absolute Gasteiger partial charge is 0.460 e. The van der Waals surface area contributed by atoms with E-state index in [0.717, 1.165) is 68.6 Å². The van der Waals surface area contributed by atoms with E-state index in [4.69, 9.17) is 14.5 Å². The van der Waals surface area contributed by atoms with Crippen LogP contribution >= 0.6 is 0 Å². The van der Waals surface area contributed by atoms with E-state index in [1.165, 1.54) is 0 Å². The SMILES string of the molecule is O=C(OC1CN2CCC1CC2)C1(c2ccc3c(c2)OOC3)CCC1. The summed E-state index contributed by atoms with van der Waals surface area (Å²) in [7, 11) is 0. The first-order chi connectivity index (χ1) is 11.7. The van der Waals surface area contributed by atoms with E-state index in [-0.39, 0.29) is 12.1 Å². The topological polar surface area (TPSA) is 48.0 Å². The number of carbonyl (C=O) groups excluding carboxylic acids is 1.